The lowest BCUT2D eigenvalue weighted by atomic mass is 10.2. The molecule has 2 rings (SSSR count). The Morgan fingerprint density at radius 3 is 2.46 bits per heavy atom. The maximum absolute atomic E-state index is 12.9. The molecule has 2 aromatic carbocycles. The molecular formula is C19H20FNO4S. The molecule has 2 aromatic rings. The minimum atomic E-state index is -0.938. The summed E-state index contributed by atoms with van der Waals surface area (Å²) in [6.07, 6.45) is -0.317. The van der Waals surface area contributed by atoms with E-state index in [9.17, 15) is 14.0 Å². The number of carbonyl (C=O) groups is 2. The van der Waals surface area contributed by atoms with Gasteiger partial charge in [0.05, 0.1) is 12.1 Å². The molecule has 2 N–H and O–H groups in total. The van der Waals surface area contributed by atoms with Gasteiger partial charge in [-0.05, 0) is 50.2 Å². The number of thioether (sulfide) groups is 1. The molecule has 0 aliphatic heterocycles. The molecule has 0 fully saturated rings. The largest absolute Gasteiger partial charge is 0.489 e. The number of ether oxygens (including phenoxy) is 1. The number of amides is 1. The highest BCUT2D eigenvalue weighted by molar-refractivity contribution is 8.00. The summed E-state index contributed by atoms with van der Waals surface area (Å²) in [6, 6.07) is 12.5. The van der Waals surface area contributed by atoms with Gasteiger partial charge in [0.25, 0.3) is 5.91 Å². The van der Waals surface area contributed by atoms with E-state index >= 15 is 0 Å². The van der Waals surface area contributed by atoms with Gasteiger partial charge in [-0.25, -0.2) is 4.39 Å². The van der Waals surface area contributed by atoms with E-state index in [1.807, 2.05) is 0 Å². The Kier molecular flexibility index (Phi) is 7.03. The number of aliphatic carboxylic acids is 1. The first-order chi connectivity index (χ1) is 12.4. The van der Waals surface area contributed by atoms with Crippen molar-refractivity contribution in [3.05, 3.63) is 59.9 Å². The van der Waals surface area contributed by atoms with Crippen molar-refractivity contribution in [1.29, 1.82) is 0 Å². The van der Waals surface area contributed by atoms with Crippen LogP contribution in [-0.4, -0.2) is 34.9 Å². The Morgan fingerprint density at radius 2 is 1.81 bits per heavy atom. The van der Waals surface area contributed by atoms with Crippen molar-refractivity contribution >= 4 is 23.6 Å². The molecule has 1 amide bonds. The maximum Gasteiger partial charge on any atom is 0.316 e. The maximum atomic E-state index is 12.9. The summed E-state index contributed by atoms with van der Waals surface area (Å²) in [5.74, 6) is -1.07. The van der Waals surface area contributed by atoms with Crippen LogP contribution < -0.4 is 10.1 Å². The summed E-state index contributed by atoms with van der Waals surface area (Å²) in [6.45, 7) is 3.61. The Morgan fingerprint density at radius 1 is 1.15 bits per heavy atom. The third-order valence-electron chi connectivity index (χ3n) is 3.48. The highest BCUT2D eigenvalue weighted by Gasteiger charge is 2.18. The average Bonchev–Trinajstić information content (AvgIpc) is 2.62. The van der Waals surface area contributed by atoms with Crippen molar-refractivity contribution in [3.63, 3.8) is 0 Å². The van der Waals surface area contributed by atoms with Crippen LogP contribution in [0.2, 0.25) is 0 Å². The molecule has 5 nitrogen and oxygen atoms in total. The Balaban J connectivity index is 1.95. The molecule has 0 aliphatic carbocycles. The molecular weight excluding hydrogens is 357 g/mol. The molecule has 138 valence electrons. The normalized spacial score (nSPS) is 12.9. The van der Waals surface area contributed by atoms with Crippen LogP contribution in [0.1, 0.15) is 24.2 Å². The van der Waals surface area contributed by atoms with E-state index in [1.165, 1.54) is 24.3 Å². The van der Waals surface area contributed by atoms with E-state index < -0.39 is 11.2 Å². The number of benzene rings is 2. The standard InChI is InChI=1S/C19H20FNO4S/c1-12(25-15-9-7-14(20)8-10-15)11-21-18(22)16-5-3-4-6-17(16)26-13(2)19(23)24/h3-10,12-13H,11H2,1-2H3,(H,21,22)(H,23,24). The molecule has 0 radical (unpaired) electrons. The van der Waals surface area contributed by atoms with Gasteiger partial charge in [-0.1, -0.05) is 12.1 Å². The van der Waals surface area contributed by atoms with Gasteiger partial charge in [-0.2, -0.15) is 0 Å². The Hall–Kier alpha value is -2.54. The number of nitrogens with one attached hydrogen (secondary N) is 1. The topological polar surface area (TPSA) is 75.6 Å². The molecule has 0 aromatic heterocycles. The van der Waals surface area contributed by atoms with Crippen molar-refractivity contribution in [2.75, 3.05) is 6.54 Å². The summed E-state index contributed by atoms with van der Waals surface area (Å²) >= 11 is 1.12. The van der Waals surface area contributed by atoms with E-state index in [-0.39, 0.29) is 24.4 Å². The number of hydrogen-bond donors (Lipinski definition) is 2. The Labute approximate surface area is 155 Å². The third-order valence-corrected chi connectivity index (χ3v) is 4.65. The zero-order valence-electron chi connectivity index (χ0n) is 14.4. The molecule has 2 atom stereocenters. The zero-order valence-corrected chi connectivity index (χ0v) is 15.3. The van der Waals surface area contributed by atoms with E-state index in [2.05, 4.69) is 5.32 Å². The second kappa shape index (κ2) is 9.24. The third kappa shape index (κ3) is 5.77. The quantitative estimate of drug-likeness (QED) is 0.688. The van der Waals surface area contributed by atoms with Crippen molar-refractivity contribution < 1.29 is 23.8 Å². The molecule has 0 saturated carbocycles. The fourth-order valence-corrected chi connectivity index (χ4v) is 3.04. The molecule has 2 unspecified atom stereocenters. The molecule has 0 bridgehead atoms. The second-order valence-corrected chi connectivity index (χ2v) is 7.07. The summed E-state index contributed by atoms with van der Waals surface area (Å²) in [4.78, 5) is 24.1. The van der Waals surface area contributed by atoms with Crippen LogP contribution in [0.15, 0.2) is 53.4 Å². The zero-order chi connectivity index (χ0) is 19.1. The number of halogens is 1. The van der Waals surface area contributed by atoms with Crippen LogP contribution >= 0.6 is 11.8 Å². The average molecular weight is 377 g/mol. The second-order valence-electron chi connectivity index (χ2n) is 5.69. The van der Waals surface area contributed by atoms with Gasteiger partial charge in [0.1, 0.15) is 22.9 Å². The van der Waals surface area contributed by atoms with Gasteiger partial charge in [-0.15, -0.1) is 11.8 Å². The van der Waals surface area contributed by atoms with Crippen LogP contribution in [-0.2, 0) is 4.79 Å². The minimum Gasteiger partial charge on any atom is -0.489 e. The fourth-order valence-electron chi connectivity index (χ4n) is 2.12. The molecule has 0 heterocycles. The van der Waals surface area contributed by atoms with Crippen LogP contribution in [0.3, 0.4) is 0 Å². The van der Waals surface area contributed by atoms with Crippen molar-refractivity contribution in [2.24, 2.45) is 0 Å². The van der Waals surface area contributed by atoms with Crippen molar-refractivity contribution in [1.82, 2.24) is 5.32 Å². The van der Waals surface area contributed by atoms with Crippen molar-refractivity contribution in [3.8, 4) is 5.75 Å². The molecule has 0 spiro atoms. The first kappa shape index (κ1) is 19.8. The van der Waals surface area contributed by atoms with E-state index in [0.29, 0.717) is 16.2 Å². The van der Waals surface area contributed by atoms with Gasteiger partial charge in [0.2, 0.25) is 0 Å². The summed E-state index contributed by atoms with van der Waals surface area (Å²) in [5, 5.41) is 11.2. The van der Waals surface area contributed by atoms with Gasteiger partial charge < -0.3 is 15.2 Å². The first-order valence-electron chi connectivity index (χ1n) is 8.05. The molecule has 0 aliphatic rings. The monoisotopic (exact) mass is 377 g/mol. The fraction of sp³-hybridized carbons (Fsp3) is 0.263. The number of carbonyl (C=O) groups excluding carboxylic acids is 1. The minimum absolute atomic E-state index is 0.254. The molecule has 0 saturated heterocycles. The number of rotatable bonds is 8. The Bertz CT molecular complexity index is 766. The lowest BCUT2D eigenvalue weighted by Crippen LogP contribution is -2.33. The van der Waals surface area contributed by atoms with Crippen molar-refractivity contribution in [2.45, 2.75) is 30.1 Å². The van der Waals surface area contributed by atoms with Crippen LogP contribution in [0.4, 0.5) is 4.39 Å². The van der Waals surface area contributed by atoms with Crippen LogP contribution in [0.5, 0.6) is 5.75 Å². The van der Waals surface area contributed by atoms with Gasteiger partial charge >= 0.3 is 5.97 Å². The summed E-state index contributed by atoms with van der Waals surface area (Å²) < 4.78 is 18.5. The molecule has 26 heavy (non-hydrogen) atoms. The smallest absolute Gasteiger partial charge is 0.316 e. The van der Waals surface area contributed by atoms with Gasteiger partial charge in [0.15, 0.2) is 0 Å². The summed E-state index contributed by atoms with van der Waals surface area (Å²) in [5.41, 5.74) is 0.416. The van der Waals surface area contributed by atoms with E-state index in [4.69, 9.17) is 9.84 Å². The molecule has 7 heteroatoms. The van der Waals surface area contributed by atoms with E-state index in [1.54, 1.807) is 38.1 Å². The number of carboxylic acid groups (broad SMARTS) is 1. The first-order valence-corrected chi connectivity index (χ1v) is 8.93. The number of hydrogen-bond acceptors (Lipinski definition) is 4. The summed E-state index contributed by atoms with van der Waals surface area (Å²) in [7, 11) is 0. The SMILES string of the molecule is CC(CNC(=O)c1ccccc1SC(C)C(=O)O)Oc1ccc(F)cc1. The highest BCUT2D eigenvalue weighted by Crippen LogP contribution is 2.27. The predicted molar refractivity (Wildman–Crippen MR) is 98.2 cm³/mol. The van der Waals surface area contributed by atoms with Gasteiger partial charge in [-0.3, -0.25) is 9.59 Å². The lowest BCUT2D eigenvalue weighted by molar-refractivity contribution is -0.136. The van der Waals surface area contributed by atoms with Crippen LogP contribution in [0.25, 0.3) is 0 Å². The van der Waals surface area contributed by atoms with Crippen LogP contribution in [0, 0.1) is 5.82 Å². The van der Waals surface area contributed by atoms with E-state index in [0.717, 1.165) is 11.8 Å². The van der Waals surface area contributed by atoms with Gasteiger partial charge in [0, 0.05) is 4.90 Å². The highest BCUT2D eigenvalue weighted by atomic mass is 32.2. The lowest BCUT2D eigenvalue weighted by Gasteiger charge is -2.16. The predicted octanol–water partition coefficient (Wildman–Crippen LogP) is 3.59. The number of carboxylic acids is 1.